The maximum atomic E-state index is 10.3. The normalized spacial score (nSPS) is 10.1. The number of aliphatic hydroxyl groups excluding tert-OH is 1. The van der Waals surface area contributed by atoms with E-state index in [9.17, 15) is 4.79 Å². The first-order chi connectivity index (χ1) is 15.0. The highest BCUT2D eigenvalue weighted by Gasteiger charge is 1.98. The third-order valence-corrected chi connectivity index (χ3v) is 4.70. The number of benzene rings is 3. The van der Waals surface area contributed by atoms with Crippen LogP contribution in [-0.2, 0) is 17.9 Å². The SMILES string of the molecule is CC(=N)c1ccc(CNCCCC(=O)O)cc1.OCc1ccc(-c2ccccc2)cc1. The van der Waals surface area contributed by atoms with E-state index in [0.717, 1.165) is 23.2 Å². The number of rotatable bonds is 9. The zero-order valence-corrected chi connectivity index (χ0v) is 17.8. The summed E-state index contributed by atoms with van der Waals surface area (Å²) in [6.45, 7) is 3.31. The van der Waals surface area contributed by atoms with E-state index in [0.29, 0.717) is 18.7 Å². The van der Waals surface area contributed by atoms with Crippen molar-refractivity contribution < 1.29 is 15.0 Å². The van der Waals surface area contributed by atoms with Crippen molar-refractivity contribution >= 4 is 11.7 Å². The van der Waals surface area contributed by atoms with Crippen LogP contribution in [0.15, 0.2) is 78.9 Å². The van der Waals surface area contributed by atoms with Crippen molar-refractivity contribution in [2.75, 3.05) is 6.54 Å². The zero-order valence-electron chi connectivity index (χ0n) is 17.8. The first kappa shape index (κ1) is 24.0. The van der Waals surface area contributed by atoms with Gasteiger partial charge in [-0.3, -0.25) is 4.79 Å². The summed E-state index contributed by atoms with van der Waals surface area (Å²) in [5, 5.41) is 28.0. The van der Waals surface area contributed by atoms with Gasteiger partial charge in [-0.05, 0) is 47.7 Å². The summed E-state index contributed by atoms with van der Waals surface area (Å²) in [5.74, 6) is -0.752. The lowest BCUT2D eigenvalue weighted by molar-refractivity contribution is -0.137. The van der Waals surface area contributed by atoms with Crippen molar-refractivity contribution in [3.63, 3.8) is 0 Å². The van der Waals surface area contributed by atoms with Crippen molar-refractivity contribution in [3.05, 3.63) is 95.6 Å². The Morgan fingerprint density at radius 2 is 1.45 bits per heavy atom. The smallest absolute Gasteiger partial charge is 0.303 e. The maximum absolute atomic E-state index is 10.3. The van der Waals surface area contributed by atoms with Crippen LogP contribution >= 0.6 is 0 Å². The minimum Gasteiger partial charge on any atom is -0.481 e. The molecule has 31 heavy (non-hydrogen) atoms. The minimum absolute atomic E-state index is 0.106. The molecule has 0 unspecified atom stereocenters. The molecule has 5 nitrogen and oxygen atoms in total. The quantitative estimate of drug-likeness (QED) is 0.294. The van der Waals surface area contributed by atoms with Crippen molar-refractivity contribution in [3.8, 4) is 11.1 Å². The molecular weight excluding hydrogens is 388 g/mol. The van der Waals surface area contributed by atoms with Crippen molar-refractivity contribution in [1.82, 2.24) is 5.32 Å². The van der Waals surface area contributed by atoms with E-state index in [2.05, 4.69) is 17.4 Å². The molecule has 3 aromatic rings. The maximum Gasteiger partial charge on any atom is 0.303 e. The summed E-state index contributed by atoms with van der Waals surface area (Å²) in [5.41, 5.74) is 5.97. The van der Waals surface area contributed by atoms with Gasteiger partial charge in [0.15, 0.2) is 0 Å². The van der Waals surface area contributed by atoms with Crippen LogP contribution in [0.5, 0.6) is 0 Å². The van der Waals surface area contributed by atoms with Gasteiger partial charge in [0, 0.05) is 18.7 Å². The van der Waals surface area contributed by atoms with Crippen LogP contribution in [0.1, 0.15) is 36.5 Å². The fraction of sp³-hybridized carbons (Fsp3) is 0.231. The van der Waals surface area contributed by atoms with Crippen molar-refractivity contribution in [1.29, 1.82) is 5.41 Å². The van der Waals surface area contributed by atoms with E-state index >= 15 is 0 Å². The molecule has 5 heteroatoms. The molecule has 0 spiro atoms. The Bertz CT molecular complexity index is 937. The molecule has 0 bridgehead atoms. The molecule has 0 aliphatic heterocycles. The Labute approximate surface area is 183 Å². The Hall–Kier alpha value is -3.28. The van der Waals surface area contributed by atoms with Gasteiger partial charge < -0.3 is 20.9 Å². The van der Waals surface area contributed by atoms with Gasteiger partial charge in [0.1, 0.15) is 0 Å². The molecule has 0 saturated heterocycles. The predicted molar refractivity (Wildman–Crippen MR) is 125 cm³/mol. The molecule has 0 aliphatic rings. The van der Waals surface area contributed by atoms with Crippen LogP contribution in [-0.4, -0.2) is 28.4 Å². The minimum atomic E-state index is -0.752. The number of hydrogen-bond acceptors (Lipinski definition) is 4. The van der Waals surface area contributed by atoms with Gasteiger partial charge in [-0.2, -0.15) is 0 Å². The highest BCUT2D eigenvalue weighted by molar-refractivity contribution is 5.96. The molecule has 4 N–H and O–H groups in total. The fourth-order valence-electron chi connectivity index (χ4n) is 2.90. The molecule has 0 aromatic heterocycles. The van der Waals surface area contributed by atoms with Crippen molar-refractivity contribution in [2.45, 2.75) is 32.9 Å². The molecule has 0 radical (unpaired) electrons. The van der Waals surface area contributed by atoms with Crippen LogP contribution in [0.2, 0.25) is 0 Å². The second-order valence-corrected chi connectivity index (χ2v) is 7.22. The molecule has 3 rings (SSSR count). The van der Waals surface area contributed by atoms with E-state index in [1.165, 1.54) is 11.1 Å². The zero-order chi connectivity index (χ0) is 22.5. The topological polar surface area (TPSA) is 93.4 Å². The number of aliphatic carboxylic acids is 1. The average Bonchev–Trinajstić information content (AvgIpc) is 2.80. The van der Waals surface area contributed by atoms with Gasteiger partial charge in [-0.15, -0.1) is 0 Å². The molecule has 3 aromatic carbocycles. The fourth-order valence-corrected chi connectivity index (χ4v) is 2.90. The Balaban J connectivity index is 0.000000224. The van der Waals surface area contributed by atoms with Gasteiger partial charge in [-0.1, -0.05) is 78.9 Å². The second kappa shape index (κ2) is 13.1. The Kier molecular flexibility index (Phi) is 10.1. The monoisotopic (exact) mass is 418 g/mol. The van der Waals surface area contributed by atoms with Crippen LogP contribution in [0.4, 0.5) is 0 Å². The van der Waals surface area contributed by atoms with Gasteiger partial charge in [-0.25, -0.2) is 0 Å². The molecule has 0 saturated carbocycles. The summed E-state index contributed by atoms with van der Waals surface area (Å²) >= 11 is 0. The molecule has 0 atom stereocenters. The molecule has 0 fully saturated rings. The van der Waals surface area contributed by atoms with Crippen LogP contribution in [0.25, 0.3) is 11.1 Å². The Morgan fingerprint density at radius 3 is 2.00 bits per heavy atom. The first-order valence-corrected chi connectivity index (χ1v) is 10.3. The van der Waals surface area contributed by atoms with E-state index in [1.54, 1.807) is 6.92 Å². The molecule has 0 aliphatic carbocycles. The summed E-state index contributed by atoms with van der Waals surface area (Å²) in [7, 11) is 0. The second-order valence-electron chi connectivity index (χ2n) is 7.22. The lowest BCUT2D eigenvalue weighted by atomic mass is 10.0. The highest BCUT2D eigenvalue weighted by atomic mass is 16.4. The van der Waals surface area contributed by atoms with Gasteiger partial charge >= 0.3 is 5.97 Å². The van der Waals surface area contributed by atoms with E-state index in [-0.39, 0.29) is 13.0 Å². The first-order valence-electron chi connectivity index (χ1n) is 10.3. The third-order valence-electron chi connectivity index (χ3n) is 4.70. The third kappa shape index (κ3) is 8.95. The number of carboxylic acids is 1. The van der Waals surface area contributed by atoms with Crippen molar-refractivity contribution in [2.24, 2.45) is 0 Å². The molecule has 0 heterocycles. The number of aliphatic hydroxyl groups is 1. The van der Waals surface area contributed by atoms with Crippen LogP contribution in [0.3, 0.4) is 0 Å². The average molecular weight is 419 g/mol. The van der Waals surface area contributed by atoms with Gasteiger partial charge in [0.25, 0.3) is 0 Å². The number of nitrogens with one attached hydrogen (secondary N) is 2. The number of carboxylic acid groups (broad SMARTS) is 1. The Morgan fingerprint density at radius 1 is 0.871 bits per heavy atom. The predicted octanol–water partition coefficient (Wildman–Crippen LogP) is 4.87. The van der Waals surface area contributed by atoms with E-state index in [1.807, 2.05) is 66.7 Å². The van der Waals surface area contributed by atoms with Crippen LogP contribution in [0, 0.1) is 5.41 Å². The van der Waals surface area contributed by atoms with E-state index < -0.39 is 5.97 Å². The standard InChI is InChI=1S/C13H18N2O2.C13H12O/c1-10(14)12-6-4-11(5-7-12)9-15-8-2-3-13(16)17;14-10-11-6-8-13(9-7-11)12-4-2-1-3-5-12/h4-7,14-15H,2-3,8-9H2,1H3,(H,16,17);1-9,14H,10H2. The summed E-state index contributed by atoms with van der Waals surface area (Å²) in [6, 6.07) is 26.0. The molecular formula is C26H30N2O3. The summed E-state index contributed by atoms with van der Waals surface area (Å²) in [6.07, 6.45) is 0.853. The number of carbonyl (C=O) groups is 1. The summed E-state index contributed by atoms with van der Waals surface area (Å²) < 4.78 is 0. The molecule has 0 amide bonds. The van der Waals surface area contributed by atoms with Gasteiger partial charge in [0.05, 0.1) is 6.61 Å². The largest absolute Gasteiger partial charge is 0.481 e. The molecule has 162 valence electrons. The van der Waals surface area contributed by atoms with Gasteiger partial charge in [0.2, 0.25) is 0 Å². The summed E-state index contributed by atoms with van der Waals surface area (Å²) in [4.78, 5) is 10.3. The van der Waals surface area contributed by atoms with Crippen LogP contribution < -0.4 is 5.32 Å². The lowest BCUT2D eigenvalue weighted by Crippen LogP contribution is -2.15. The highest BCUT2D eigenvalue weighted by Crippen LogP contribution is 2.19. The van der Waals surface area contributed by atoms with E-state index in [4.69, 9.17) is 15.6 Å². The lowest BCUT2D eigenvalue weighted by Gasteiger charge is -2.05. The number of hydrogen-bond donors (Lipinski definition) is 4.